The molecule has 1 unspecified atom stereocenters. The van der Waals surface area contributed by atoms with Crippen LogP contribution in [-0.2, 0) is 59.4 Å². The molecule has 478 valence electrons. The third-order valence-electron chi connectivity index (χ3n) is 15.5. The van der Waals surface area contributed by atoms with Crippen LogP contribution in [0.25, 0.3) is 6.08 Å². The molecule has 0 saturated carbocycles. The predicted octanol–water partition coefficient (Wildman–Crippen LogP) is 6.26. The molecule has 3 heterocycles. The second-order valence-electron chi connectivity index (χ2n) is 23.0. The van der Waals surface area contributed by atoms with Crippen molar-refractivity contribution in [2.45, 2.75) is 130 Å². The lowest BCUT2D eigenvalue weighted by molar-refractivity contribution is -0.137. The van der Waals surface area contributed by atoms with Crippen molar-refractivity contribution in [1.29, 1.82) is 0 Å². The largest absolute Gasteiger partial charge is 0.445 e. The Hall–Kier alpha value is -9.74. The number of urea groups is 1. The topological polar surface area (TPSA) is 348 Å². The minimum Gasteiger partial charge on any atom is -0.445 e. The average Bonchev–Trinajstić information content (AvgIpc) is 1.59. The summed E-state index contributed by atoms with van der Waals surface area (Å²) in [6.07, 6.45) is 12.5. The number of amidine groups is 1. The molecule has 0 radical (unpaired) electrons. The molecule has 24 nitrogen and oxygen atoms in total. The number of hydrogen-bond acceptors (Lipinski definition) is 14. The van der Waals surface area contributed by atoms with E-state index < -0.39 is 36.0 Å². The number of aryl methyl sites for hydroxylation is 1. The standard InChI is InChI=1S/C66H83N13O11/c1-5-30-78(31-6-2)64(87)49-35-46-20-21-47(37-54(46)75-55(67)38-49)61(84)74-51-36-48-34-44(17-24-52(48)72-39-51)33-42-13-18-45(19-14-42)60(83)69-28-29-71-66(89)90-40-43-15-22-50(23-16-43)73-62(85)53(11-10-27-70-65(68)88)76-63(86)59(41(3)4)77-56(80)12-8-7-9-32-79-57(81)25-26-58(79)82/h13-16,18-23,25-26,35-37,39,41,44,53,59H,5-12,17,24,27-34,38,40H2,1-4H3,(H2,67,75)(H,69,83)(H,71,89)(H,73,85)(H,74,84)(H,76,86)(H,77,80)(H3,68,70,88)/t44?,53-,59-/m0/s1. The number of aliphatic imine (C=N–C) groups is 1. The third-order valence-corrected chi connectivity index (χ3v) is 15.5. The van der Waals surface area contributed by atoms with E-state index in [1.165, 1.54) is 12.2 Å². The van der Waals surface area contributed by atoms with Gasteiger partial charge in [0.25, 0.3) is 23.6 Å². The third kappa shape index (κ3) is 20.4. The number of anilines is 2. The number of hydrogen-bond donors (Lipinski definition) is 9. The minimum atomic E-state index is -1.06. The summed E-state index contributed by atoms with van der Waals surface area (Å²) in [5, 5.41) is 19.2. The molecule has 11 amide bonds. The molecule has 3 atom stereocenters. The molecule has 3 aromatic carbocycles. The smallest absolute Gasteiger partial charge is 0.407 e. The fourth-order valence-electron chi connectivity index (χ4n) is 10.8. The number of nitrogens with one attached hydrogen (secondary N) is 7. The quantitative estimate of drug-likeness (QED) is 0.0199. The predicted molar refractivity (Wildman–Crippen MR) is 341 cm³/mol. The molecule has 0 spiro atoms. The van der Waals surface area contributed by atoms with Crippen molar-refractivity contribution in [3.8, 4) is 0 Å². The fraction of sp³-hybridized carbons (Fsp3) is 0.424. The van der Waals surface area contributed by atoms with Crippen molar-refractivity contribution in [2.24, 2.45) is 28.3 Å². The van der Waals surface area contributed by atoms with Gasteiger partial charge < -0.3 is 58.3 Å². The van der Waals surface area contributed by atoms with E-state index in [4.69, 9.17) is 21.2 Å². The number of nitrogens with zero attached hydrogens (tertiary/aromatic N) is 4. The first-order chi connectivity index (χ1) is 43.3. The van der Waals surface area contributed by atoms with Crippen molar-refractivity contribution in [1.82, 2.24) is 41.4 Å². The lowest BCUT2D eigenvalue weighted by atomic mass is 9.82. The lowest BCUT2D eigenvalue weighted by Gasteiger charge is -2.25. The number of pyridine rings is 1. The molecule has 24 heteroatoms. The van der Waals surface area contributed by atoms with E-state index in [0.717, 1.165) is 60.2 Å². The van der Waals surface area contributed by atoms with Crippen LogP contribution in [0.2, 0.25) is 0 Å². The Bertz CT molecular complexity index is 3340. The first-order valence-corrected chi connectivity index (χ1v) is 30.9. The van der Waals surface area contributed by atoms with E-state index in [1.807, 2.05) is 43.0 Å². The highest BCUT2D eigenvalue weighted by molar-refractivity contribution is 6.13. The van der Waals surface area contributed by atoms with Crippen molar-refractivity contribution >= 4 is 88.4 Å². The molecule has 90 heavy (non-hydrogen) atoms. The number of rotatable bonds is 31. The molecule has 3 aliphatic rings. The summed E-state index contributed by atoms with van der Waals surface area (Å²) in [5.74, 6) is -2.64. The summed E-state index contributed by atoms with van der Waals surface area (Å²) >= 11 is 0. The Morgan fingerprint density at radius 2 is 1.44 bits per heavy atom. The second-order valence-corrected chi connectivity index (χ2v) is 23.0. The monoisotopic (exact) mass is 1230 g/mol. The van der Waals surface area contributed by atoms with Crippen molar-refractivity contribution in [3.05, 3.63) is 136 Å². The van der Waals surface area contributed by atoms with Crippen LogP contribution in [0.15, 0.2) is 102 Å². The van der Waals surface area contributed by atoms with E-state index in [9.17, 15) is 47.9 Å². The Balaban J connectivity index is 0.805. The number of carbonyl (C=O) groups is 10. The zero-order chi connectivity index (χ0) is 64.7. The van der Waals surface area contributed by atoms with Gasteiger partial charge in [0.1, 0.15) is 24.5 Å². The number of benzene rings is 3. The molecule has 0 fully saturated rings. The summed E-state index contributed by atoms with van der Waals surface area (Å²) in [6.45, 7) is 9.45. The Morgan fingerprint density at radius 1 is 0.744 bits per heavy atom. The van der Waals surface area contributed by atoms with Crippen LogP contribution >= 0.6 is 0 Å². The van der Waals surface area contributed by atoms with Gasteiger partial charge in [-0.25, -0.2) is 14.6 Å². The number of alkyl carbamates (subject to hydrolysis) is 1. The van der Waals surface area contributed by atoms with Crippen LogP contribution in [0.3, 0.4) is 0 Å². The molecular formula is C66H83N13O11. The number of unbranched alkanes of at least 4 members (excludes halogenated alkanes) is 2. The molecule has 4 aromatic rings. The van der Waals surface area contributed by atoms with Gasteiger partial charge in [-0.1, -0.05) is 64.4 Å². The van der Waals surface area contributed by atoms with Crippen LogP contribution in [0.4, 0.5) is 26.7 Å². The number of nitrogens with two attached hydrogens (primary N) is 2. The summed E-state index contributed by atoms with van der Waals surface area (Å²) < 4.78 is 5.37. The van der Waals surface area contributed by atoms with E-state index in [-0.39, 0.29) is 99.8 Å². The maximum absolute atomic E-state index is 13.6. The van der Waals surface area contributed by atoms with Gasteiger partial charge in [-0.15, -0.1) is 0 Å². The van der Waals surface area contributed by atoms with E-state index in [0.29, 0.717) is 89.0 Å². The number of fused-ring (bicyclic) bond motifs is 2. The number of carbonyl (C=O) groups excluding carboxylic acids is 10. The highest BCUT2D eigenvalue weighted by Gasteiger charge is 2.30. The van der Waals surface area contributed by atoms with Crippen LogP contribution in [0.1, 0.15) is 141 Å². The zero-order valence-electron chi connectivity index (χ0n) is 51.6. The highest BCUT2D eigenvalue weighted by atomic mass is 16.5. The number of ether oxygens (including phenoxy) is 1. The van der Waals surface area contributed by atoms with Gasteiger partial charge in [-0.3, -0.25) is 48.2 Å². The van der Waals surface area contributed by atoms with Gasteiger partial charge in [0.05, 0.1) is 17.6 Å². The van der Waals surface area contributed by atoms with Gasteiger partial charge in [0.2, 0.25) is 23.6 Å². The normalized spacial score (nSPS) is 14.8. The van der Waals surface area contributed by atoms with Crippen LogP contribution < -0.4 is 48.7 Å². The number of amides is 11. The van der Waals surface area contributed by atoms with Crippen LogP contribution in [-0.4, -0.2) is 131 Å². The van der Waals surface area contributed by atoms with Crippen molar-refractivity contribution in [2.75, 3.05) is 49.9 Å². The Kier molecular flexibility index (Phi) is 25.3. The molecule has 0 saturated heterocycles. The SMILES string of the molecule is CCCN(CCC)C(=O)C1=Cc2ccc(C(=O)Nc3cnc4c(c3)CC(Cc3ccc(C(=O)NCCNC(=O)OCc5ccc(NC(=O)[C@H](CCCNC(N)=O)NC(=O)[C@@H](NC(=O)CCCCCN6C(=O)C=CC6=O)C(C)C)cc5)cc3)CC4)cc2N=C(N)C1. The molecule has 1 aromatic heterocycles. The summed E-state index contributed by atoms with van der Waals surface area (Å²) in [7, 11) is 0. The number of imide groups is 1. The van der Waals surface area contributed by atoms with Crippen molar-refractivity contribution in [3.63, 3.8) is 0 Å². The average molecular weight is 1230 g/mol. The van der Waals surface area contributed by atoms with Crippen LogP contribution in [0.5, 0.6) is 0 Å². The lowest BCUT2D eigenvalue weighted by Crippen LogP contribution is -2.54. The van der Waals surface area contributed by atoms with Crippen LogP contribution in [0, 0.1) is 11.8 Å². The summed E-state index contributed by atoms with van der Waals surface area (Å²) in [6, 6.07) is 18.3. The number of aromatic nitrogens is 1. The molecule has 7 rings (SSSR count). The van der Waals surface area contributed by atoms with Gasteiger partial charge >= 0.3 is 12.1 Å². The first kappa shape index (κ1) is 67.8. The maximum atomic E-state index is 13.6. The summed E-state index contributed by atoms with van der Waals surface area (Å²) in [5.41, 5.74) is 18.9. The van der Waals surface area contributed by atoms with E-state index in [1.54, 1.807) is 74.6 Å². The van der Waals surface area contributed by atoms with E-state index in [2.05, 4.69) is 42.2 Å². The van der Waals surface area contributed by atoms with Gasteiger partial charge in [0, 0.05) is 97.9 Å². The molecule has 11 N–H and O–H groups in total. The minimum absolute atomic E-state index is 0.0561. The zero-order valence-corrected chi connectivity index (χ0v) is 51.6. The van der Waals surface area contributed by atoms with Gasteiger partial charge in [0.15, 0.2) is 0 Å². The van der Waals surface area contributed by atoms with Gasteiger partial charge in [-0.2, -0.15) is 0 Å². The Labute approximate surface area is 524 Å². The summed E-state index contributed by atoms with van der Waals surface area (Å²) in [4.78, 5) is 140. The Morgan fingerprint density at radius 3 is 2.14 bits per heavy atom. The fourth-order valence-corrected chi connectivity index (χ4v) is 10.8. The maximum Gasteiger partial charge on any atom is 0.407 e. The molecular weight excluding hydrogens is 1150 g/mol. The van der Waals surface area contributed by atoms with Gasteiger partial charge in [-0.05, 0) is 141 Å². The second kappa shape index (κ2) is 33.6. The van der Waals surface area contributed by atoms with E-state index >= 15 is 0 Å². The molecule has 0 bridgehead atoms. The highest BCUT2D eigenvalue weighted by Crippen LogP contribution is 2.31. The molecule has 2 aliphatic heterocycles. The number of primary amides is 1. The molecule has 1 aliphatic carbocycles. The van der Waals surface area contributed by atoms with Crippen molar-refractivity contribution < 1.29 is 52.7 Å². The first-order valence-electron chi connectivity index (χ1n) is 30.9.